The molecule has 2 aliphatic heterocycles. The number of carbonyl (C=O) groups is 3. The average Bonchev–Trinajstić information content (AvgIpc) is 3.70. The summed E-state index contributed by atoms with van der Waals surface area (Å²) in [6, 6.07) is 13.8. The molecule has 0 radical (unpaired) electrons. The summed E-state index contributed by atoms with van der Waals surface area (Å²) in [5.41, 5.74) is 0.605. The first kappa shape index (κ1) is 36.1. The maximum absolute atomic E-state index is 13.3. The lowest BCUT2D eigenvalue weighted by Crippen LogP contribution is -2.33. The van der Waals surface area contributed by atoms with Gasteiger partial charge in [0.1, 0.15) is 23.0 Å². The molecule has 13 nitrogen and oxygen atoms in total. The van der Waals surface area contributed by atoms with E-state index in [0.717, 1.165) is 25.7 Å². The highest BCUT2D eigenvalue weighted by Gasteiger charge is 2.54. The highest BCUT2D eigenvalue weighted by Crippen LogP contribution is 2.57. The van der Waals surface area contributed by atoms with Crippen molar-refractivity contribution in [1.82, 2.24) is 10.6 Å². The number of hydrogen-bond donors (Lipinski definition) is 4. The first-order chi connectivity index (χ1) is 25.8. The van der Waals surface area contributed by atoms with Gasteiger partial charge in [-0.05, 0) is 67.0 Å². The van der Waals surface area contributed by atoms with Crippen molar-refractivity contribution in [3.05, 3.63) is 82.4 Å². The van der Waals surface area contributed by atoms with E-state index < -0.39 is 17.7 Å². The minimum atomic E-state index is -1.40. The van der Waals surface area contributed by atoms with Crippen LogP contribution < -0.4 is 15.4 Å². The molecule has 0 bridgehead atoms. The van der Waals surface area contributed by atoms with Gasteiger partial charge in [0, 0.05) is 60.3 Å². The summed E-state index contributed by atoms with van der Waals surface area (Å²) in [6.07, 6.45) is 3.66. The molecule has 2 heterocycles. The van der Waals surface area contributed by atoms with E-state index in [1.165, 1.54) is 30.3 Å². The molecule has 4 N–H and O–H groups in total. The van der Waals surface area contributed by atoms with Gasteiger partial charge in [0.25, 0.3) is 5.91 Å². The topological polar surface area (TPSA) is 171 Å². The Kier molecular flexibility index (Phi) is 11.0. The normalized spacial score (nSPS) is 19.8. The molecule has 13 heteroatoms. The van der Waals surface area contributed by atoms with Gasteiger partial charge in [-0.3, -0.25) is 4.79 Å². The first-order valence-electron chi connectivity index (χ1n) is 18.0. The predicted octanol–water partition coefficient (Wildman–Crippen LogP) is 4.61. The molecular weight excluding hydrogens is 684 g/mol. The SMILES string of the molecule is O=C(NCCOCCOCCOCCNC(=O)c1ccc2c(c1)C(=O)OC21c2ccc(O)cc2Oc2cc(O)ccc21)OCC1[C@H]2CCC#CCC[C@@H]12. The molecule has 1 spiro atoms. The van der Waals surface area contributed by atoms with E-state index in [4.69, 9.17) is 28.4 Å². The van der Waals surface area contributed by atoms with Gasteiger partial charge in [0.2, 0.25) is 0 Å². The molecule has 1 saturated carbocycles. The van der Waals surface area contributed by atoms with Crippen molar-refractivity contribution in [2.45, 2.75) is 31.3 Å². The summed E-state index contributed by atoms with van der Waals surface area (Å²) in [5.74, 6) is 7.59. The number of carbonyl (C=O) groups excluding carboxylic acids is 3. The van der Waals surface area contributed by atoms with Crippen molar-refractivity contribution < 1.29 is 53.0 Å². The molecule has 53 heavy (non-hydrogen) atoms. The number of phenols is 2. The molecule has 4 aliphatic rings. The van der Waals surface area contributed by atoms with Crippen LogP contribution in [0, 0.1) is 29.6 Å². The zero-order valence-electron chi connectivity index (χ0n) is 29.2. The van der Waals surface area contributed by atoms with Gasteiger partial charge < -0.3 is 49.3 Å². The number of rotatable bonds is 15. The molecule has 7 rings (SSSR count). The van der Waals surface area contributed by atoms with E-state index in [1.54, 1.807) is 24.3 Å². The highest BCUT2D eigenvalue weighted by molar-refractivity contribution is 6.01. The second-order valence-electron chi connectivity index (χ2n) is 13.3. The van der Waals surface area contributed by atoms with Crippen LogP contribution in [0.15, 0.2) is 54.6 Å². The van der Waals surface area contributed by atoms with E-state index in [2.05, 4.69) is 22.5 Å². The zero-order valence-corrected chi connectivity index (χ0v) is 29.2. The summed E-state index contributed by atoms with van der Waals surface area (Å²) in [6.45, 7) is 3.08. The Hall–Kier alpha value is -5.29. The number of benzene rings is 3. The third kappa shape index (κ3) is 7.90. The van der Waals surface area contributed by atoms with E-state index in [9.17, 15) is 24.6 Å². The maximum atomic E-state index is 13.3. The van der Waals surface area contributed by atoms with Gasteiger partial charge in [-0.1, -0.05) is 6.07 Å². The second kappa shape index (κ2) is 16.2. The van der Waals surface area contributed by atoms with E-state index >= 15 is 0 Å². The van der Waals surface area contributed by atoms with Crippen molar-refractivity contribution >= 4 is 18.0 Å². The van der Waals surface area contributed by atoms with Crippen LogP contribution in [0.4, 0.5) is 4.79 Å². The zero-order chi connectivity index (χ0) is 36.8. The maximum Gasteiger partial charge on any atom is 0.407 e. The Balaban J connectivity index is 0.775. The average molecular weight is 727 g/mol. The Labute approximate surface area is 306 Å². The van der Waals surface area contributed by atoms with Crippen LogP contribution in [-0.2, 0) is 29.3 Å². The molecule has 3 aromatic rings. The summed E-state index contributed by atoms with van der Waals surface area (Å²) in [7, 11) is 0. The van der Waals surface area contributed by atoms with Crippen LogP contribution in [0.1, 0.15) is 63.1 Å². The highest BCUT2D eigenvalue weighted by atomic mass is 16.6. The summed E-state index contributed by atoms with van der Waals surface area (Å²) in [4.78, 5) is 38.3. The van der Waals surface area contributed by atoms with Gasteiger partial charge >= 0.3 is 12.1 Å². The fourth-order valence-electron chi connectivity index (χ4n) is 7.46. The van der Waals surface area contributed by atoms with E-state index in [1.807, 2.05) is 0 Å². The third-order valence-corrected chi connectivity index (χ3v) is 10.1. The number of ether oxygens (including phenoxy) is 6. The van der Waals surface area contributed by atoms with Gasteiger partial charge in [-0.25, -0.2) is 9.59 Å². The van der Waals surface area contributed by atoms with Crippen LogP contribution in [0.25, 0.3) is 0 Å². The predicted molar refractivity (Wildman–Crippen MR) is 189 cm³/mol. The number of phenolic OH excluding ortho intramolecular Hbond substituents is 2. The van der Waals surface area contributed by atoms with Crippen LogP contribution >= 0.6 is 0 Å². The lowest BCUT2D eigenvalue weighted by molar-refractivity contribution is 0.0156. The molecule has 0 saturated heterocycles. The first-order valence-corrected chi connectivity index (χ1v) is 18.0. The van der Waals surface area contributed by atoms with E-state index in [-0.39, 0.29) is 53.2 Å². The van der Waals surface area contributed by atoms with Crippen molar-refractivity contribution in [2.75, 3.05) is 59.3 Å². The molecule has 2 aliphatic carbocycles. The number of esters is 1. The lowest BCUT2D eigenvalue weighted by Gasteiger charge is -2.36. The molecule has 0 aromatic heterocycles. The Bertz CT molecular complexity index is 1850. The van der Waals surface area contributed by atoms with Gasteiger partial charge in [0.05, 0.1) is 51.8 Å². The molecule has 3 atom stereocenters. The Morgan fingerprint density at radius 3 is 1.94 bits per heavy atom. The fourth-order valence-corrected chi connectivity index (χ4v) is 7.46. The van der Waals surface area contributed by atoms with Crippen molar-refractivity contribution in [2.24, 2.45) is 17.8 Å². The number of hydrogen-bond acceptors (Lipinski definition) is 11. The molecule has 1 fully saturated rings. The minimum absolute atomic E-state index is 0.0372. The Morgan fingerprint density at radius 1 is 0.755 bits per heavy atom. The monoisotopic (exact) mass is 726 g/mol. The number of nitrogens with one attached hydrogen (secondary N) is 2. The van der Waals surface area contributed by atoms with Crippen LogP contribution in [0.3, 0.4) is 0 Å². The minimum Gasteiger partial charge on any atom is -0.508 e. The number of alkyl carbamates (subject to hydrolysis) is 1. The second-order valence-corrected chi connectivity index (χ2v) is 13.3. The standard InChI is InChI=1S/C40H42N2O11/c43-26-8-11-33-35(22-26)52-36-23-27(44)9-12-34(36)40(33)32-10-7-25(21-30(32)38(46)53-40)37(45)41-13-15-48-17-19-50-20-18-49-16-14-42-39(47)51-24-31-28-5-3-1-2-4-6-29(28)31/h7-12,21-23,28-29,31,43-44H,3-6,13-20,24H2,(H,41,45)(H,42,47)/t28-,29+,31?. The van der Waals surface area contributed by atoms with Crippen molar-refractivity contribution in [3.8, 4) is 34.8 Å². The van der Waals surface area contributed by atoms with Gasteiger partial charge in [-0.15, -0.1) is 11.8 Å². The molecular formula is C40H42N2O11. The molecule has 2 amide bonds. The van der Waals surface area contributed by atoms with Crippen LogP contribution in [0.5, 0.6) is 23.0 Å². The number of fused-ring (bicyclic) bond motifs is 7. The Morgan fingerprint density at radius 2 is 1.32 bits per heavy atom. The quantitative estimate of drug-likeness (QED) is 0.0980. The molecule has 1 unspecified atom stereocenters. The van der Waals surface area contributed by atoms with Crippen LogP contribution in [-0.4, -0.2) is 87.5 Å². The fraction of sp³-hybridized carbons (Fsp3) is 0.425. The summed E-state index contributed by atoms with van der Waals surface area (Å²) < 4.78 is 34.0. The number of amides is 2. The number of aromatic hydroxyl groups is 2. The largest absolute Gasteiger partial charge is 0.508 e. The summed E-state index contributed by atoms with van der Waals surface area (Å²) in [5, 5.41) is 25.7. The van der Waals surface area contributed by atoms with Crippen molar-refractivity contribution in [1.29, 1.82) is 0 Å². The van der Waals surface area contributed by atoms with Crippen LogP contribution in [0.2, 0.25) is 0 Å². The lowest BCUT2D eigenvalue weighted by atomic mass is 9.77. The van der Waals surface area contributed by atoms with Gasteiger partial charge in [0.15, 0.2) is 5.60 Å². The third-order valence-electron chi connectivity index (χ3n) is 10.1. The molecule has 278 valence electrons. The van der Waals surface area contributed by atoms with Crippen molar-refractivity contribution in [3.63, 3.8) is 0 Å². The summed E-state index contributed by atoms with van der Waals surface area (Å²) >= 11 is 0. The van der Waals surface area contributed by atoms with Gasteiger partial charge in [-0.2, -0.15) is 0 Å². The molecule has 3 aromatic carbocycles. The smallest absolute Gasteiger partial charge is 0.407 e. The van der Waals surface area contributed by atoms with E-state index in [0.29, 0.717) is 80.6 Å².